The van der Waals surface area contributed by atoms with Crippen LogP contribution in [0.4, 0.5) is 0 Å². The molecule has 0 radical (unpaired) electrons. The monoisotopic (exact) mass is 341 g/mol. The fourth-order valence-electron chi connectivity index (χ4n) is 2.02. The minimum atomic E-state index is -1.07. The number of carboxylic acid groups (broad SMARTS) is 1. The maximum Gasteiger partial charge on any atom is 0.324 e. The van der Waals surface area contributed by atoms with Crippen molar-refractivity contribution in [2.75, 3.05) is 12.3 Å². The zero-order valence-corrected chi connectivity index (χ0v) is 15.6. The Morgan fingerprint density at radius 1 is 1.04 bits per heavy atom. The van der Waals surface area contributed by atoms with Gasteiger partial charge >= 0.3 is 5.97 Å². The van der Waals surface area contributed by atoms with Crippen LogP contribution in [0.1, 0.15) is 53.4 Å². The van der Waals surface area contributed by atoms with Gasteiger partial charge in [0.05, 0.1) is 0 Å². The summed E-state index contributed by atoms with van der Waals surface area (Å²) in [5, 5.41) is 19.5. The molecule has 0 aliphatic carbocycles. The molecule has 0 unspecified atom stereocenters. The second-order valence-electron chi connectivity index (χ2n) is 6.12. The molecule has 2 N–H and O–H groups in total. The second kappa shape index (κ2) is 12.4. The van der Waals surface area contributed by atoms with Crippen LogP contribution < -0.4 is 0 Å². The maximum absolute atomic E-state index is 10.9. The van der Waals surface area contributed by atoms with Crippen molar-refractivity contribution in [3.63, 3.8) is 0 Å². The molecular formula is C18H31NO3S. The molecule has 0 amide bonds. The van der Waals surface area contributed by atoms with E-state index < -0.39 is 12.0 Å². The number of hydrogen-bond donors (Lipinski definition) is 3. The van der Waals surface area contributed by atoms with Crippen LogP contribution in [-0.2, 0) is 4.79 Å². The third-order valence-electron chi connectivity index (χ3n) is 3.57. The summed E-state index contributed by atoms with van der Waals surface area (Å²) in [7, 11) is 0. The van der Waals surface area contributed by atoms with Gasteiger partial charge in [-0.15, -0.1) is 0 Å². The van der Waals surface area contributed by atoms with E-state index in [9.17, 15) is 10.0 Å². The molecule has 0 saturated carbocycles. The summed E-state index contributed by atoms with van der Waals surface area (Å²) in [5.41, 5.74) is 3.88. The number of rotatable bonds is 11. The van der Waals surface area contributed by atoms with Crippen LogP contribution in [0, 0.1) is 0 Å². The summed E-state index contributed by atoms with van der Waals surface area (Å²) in [4.78, 5) is 10.9. The van der Waals surface area contributed by atoms with Gasteiger partial charge < -0.3 is 10.3 Å². The van der Waals surface area contributed by atoms with Gasteiger partial charge in [-0.05, 0) is 53.4 Å². The smallest absolute Gasteiger partial charge is 0.324 e. The van der Waals surface area contributed by atoms with E-state index in [0.29, 0.717) is 0 Å². The first-order valence-electron chi connectivity index (χ1n) is 8.01. The van der Waals surface area contributed by atoms with Gasteiger partial charge in [-0.25, -0.2) is 0 Å². The fourth-order valence-corrected chi connectivity index (χ4v) is 2.36. The van der Waals surface area contributed by atoms with Crippen molar-refractivity contribution in [3.8, 4) is 0 Å². The van der Waals surface area contributed by atoms with Gasteiger partial charge in [-0.3, -0.25) is 4.79 Å². The zero-order chi connectivity index (χ0) is 17.8. The molecule has 0 saturated heterocycles. The highest BCUT2D eigenvalue weighted by Gasteiger charge is 2.21. The highest BCUT2D eigenvalue weighted by atomic mass is 32.1. The van der Waals surface area contributed by atoms with Crippen LogP contribution in [0.3, 0.4) is 0 Å². The van der Waals surface area contributed by atoms with Crippen LogP contribution in [0.15, 0.2) is 34.9 Å². The van der Waals surface area contributed by atoms with E-state index in [0.717, 1.165) is 36.3 Å². The number of carbonyl (C=O) groups is 1. The van der Waals surface area contributed by atoms with E-state index in [-0.39, 0.29) is 12.3 Å². The van der Waals surface area contributed by atoms with Gasteiger partial charge in [0.1, 0.15) is 6.04 Å². The highest BCUT2D eigenvalue weighted by Crippen LogP contribution is 2.11. The Morgan fingerprint density at radius 2 is 1.57 bits per heavy atom. The molecule has 0 aromatic rings. The molecule has 0 fully saturated rings. The van der Waals surface area contributed by atoms with Gasteiger partial charge in [-0.2, -0.15) is 17.7 Å². The van der Waals surface area contributed by atoms with E-state index in [1.54, 1.807) is 0 Å². The minimum Gasteiger partial charge on any atom is -0.480 e. The van der Waals surface area contributed by atoms with Crippen molar-refractivity contribution < 1.29 is 15.1 Å². The van der Waals surface area contributed by atoms with Crippen LogP contribution >= 0.6 is 12.6 Å². The quantitative estimate of drug-likeness (QED) is 0.295. The molecule has 0 heterocycles. The largest absolute Gasteiger partial charge is 0.480 e. The van der Waals surface area contributed by atoms with Crippen molar-refractivity contribution in [3.05, 3.63) is 34.9 Å². The standard InChI is InChI=1S/C18H31NO3S/c1-14(2)7-5-8-15(3)9-6-10-16(4)11-12-19(22)17(13-23)18(20)21/h7,9,11,17,22-23H,5-6,8,10,12-13H2,1-4H3,(H,20,21)/t17-/m0/s1. The Hall–Kier alpha value is -1.04. The number of allylic oxidation sites excluding steroid dienone is 5. The molecule has 0 aliphatic rings. The number of aliphatic carboxylic acids is 1. The molecule has 1 atom stereocenters. The Morgan fingerprint density at radius 3 is 2.04 bits per heavy atom. The summed E-state index contributed by atoms with van der Waals surface area (Å²) in [6.45, 7) is 8.57. The third-order valence-corrected chi connectivity index (χ3v) is 3.91. The van der Waals surface area contributed by atoms with E-state index in [2.05, 4.69) is 45.6 Å². The Balaban J connectivity index is 4.20. The fraction of sp³-hybridized carbons (Fsp3) is 0.611. The number of carboxylic acids is 1. The van der Waals surface area contributed by atoms with Crippen LogP contribution in [0.2, 0.25) is 0 Å². The summed E-state index contributed by atoms with van der Waals surface area (Å²) in [5.74, 6) is -0.990. The van der Waals surface area contributed by atoms with Crippen molar-refractivity contribution in [2.45, 2.75) is 59.4 Å². The molecule has 0 aliphatic heterocycles. The molecule has 0 aromatic heterocycles. The van der Waals surface area contributed by atoms with Gasteiger partial charge in [0, 0.05) is 12.3 Å². The lowest BCUT2D eigenvalue weighted by molar-refractivity contribution is -0.163. The van der Waals surface area contributed by atoms with Crippen molar-refractivity contribution >= 4 is 18.6 Å². The topological polar surface area (TPSA) is 60.8 Å². The number of thiol groups is 1. The molecule has 5 heteroatoms. The normalized spacial score (nSPS) is 14.0. The lowest BCUT2D eigenvalue weighted by Gasteiger charge is -2.19. The van der Waals surface area contributed by atoms with E-state index in [1.807, 2.05) is 13.0 Å². The first-order chi connectivity index (χ1) is 10.8. The van der Waals surface area contributed by atoms with Crippen molar-refractivity contribution in [1.29, 1.82) is 0 Å². The van der Waals surface area contributed by atoms with Crippen LogP contribution in [0.25, 0.3) is 0 Å². The summed E-state index contributed by atoms with van der Waals surface area (Å²) in [6, 6.07) is -0.973. The molecule has 132 valence electrons. The van der Waals surface area contributed by atoms with Crippen LogP contribution in [-0.4, -0.2) is 39.7 Å². The van der Waals surface area contributed by atoms with Gasteiger partial charge in [-0.1, -0.05) is 34.9 Å². The Bertz CT molecular complexity index is 451. The third kappa shape index (κ3) is 11.2. The van der Waals surface area contributed by atoms with Crippen LogP contribution in [0.5, 0.6) is 0 Å². The van der Waals surface area contributed by atoms with Gasteiger partial charge in [0.25, 0.3) is 0 Å². The van der Waals surface area contributed by atoms with Crippen molar-refractivity contribution in [2.24, 2.45) is 0 Å². The van der Waals surface area contributed by atoms with Gasteiger partial charge in [0.15, 0.2) is 0 Å². The molecule has 0 rings (SSSR count). The van der Waals surface area contributed by atoms with E-state index >= 15 is 0 Å². The summed E-state index contributed by atoms with van der Waals surface area (Å²) < 4.78 is 0. The lowest BCUT2D eigenvalue weighted by atomic mass is 10.1. The predicted octanol–water partition coefficient (Wildman–Crippen LogP) is 4.48. The van der Waals surface area contributed by atoms with Gasteiger partial charge in [0.2, 0.25) is 0 Å². The Kier molecular flexibility index (Phi) is 11.8. The van der Waals surface area contributed by atoms with Crippen molar-refractivity contribution in [1.82, 2.24) is 5.06 Å². The SMILES string of the molecule is CC(C)=CCCC(C)=CCCC(C)=CCN(O)[C@@H](CS)C(=O)O. The molecule has 23 heavy (non-hydrogen) atoms. The number of nitrogens with zero attached hydrogens (tertiary/aromatic N) is 1. The minimum absolute atomic E-state index is 0.0757. The predicted molar refractivity (Wildman–Crippen MR) is 99.2 cm³/mol. The maximum atomic E-state index is 10.9. The average molecular weight is 342 g/mol. The molecule has 4 nitrogen and oxygen atoms in total. The zero-order valence-electron chi connectivity index (χ0n) is 14.7. The first-order valence-corrected chi connectivity index (χ1v) is 8.65. The molecule has 0 bridgehead atoms. The van der Waals surface area contributed by atoms with E-state index in [4.69, 9.17) is 5.11 Å². The number of hydroxylamine groups is 2. The summed E-state index contributed by atoms with van der Waals surface area (Å²) >= 11 is 3.94. The van der Waals surface area contributed by atoms with E-state index in [1.165, 1.54) is 11.1 Å². The molecule has 0 spiro atoms. The Labute approximate surface area is 145 Å². The average Bonchev–Trinajstić information content (AvgIpc) is 2.45. The first kappa shape index (κ1) is 22.0. The lowest BCUT2D eigenvalue weighted by Crippen LogP contribution is -2.40. The number of hydrogen-bond acceptors (Lipinski definition) is 4. The second-order valence-corrected chi connectivity index (χ2v) is 6.48. The summed E-state index contributed by atoms with van der Waals surface area (Å²) in [6.07, 6.45) is 10.4. The molecule has 0 aromatic carbocycles. The molecular weight excluding hydrogens is 310 g/mol. The highest BCUT2D eigenvalue weighted by molar-refractivity contribution is 7.80.